The topological polar surface area (TPSA) is 72.2 Å². The maximum atomic E-state index is 11.2. The van der Waals surface area contributed by atoms with Crippen LogP contribution in [0, 0.1) is 10.1 Å². The molecule has 98 valence electrons. The van der Waals surface area contributed by atoms with E-state index in [9.17, 15) is 14.3 Å². The van der Waals surface area contributed by atoms with E-state index in [1.165, 1.54) is 6.07 Å². The Kier molecular flexibility index (Phi) is 4.43. The molecule has 1 N–H and O–H groups in total. The Morgan fingerprint density at radius 1 is 1.33 bits per heavy atom. The Labute approximate surface area is 108 Å². The molecule has 1 saturated heterocycles. The van der Waals surface area contributed by atoms with E-state index in [-0.39, 0.29) is 10.6 Å². The van der Waals surface area contributed by atoms with Crippen molar-refractivity contribution in [2.75, 3.05) is 11.5 Å². The van der Waals surface area contributed by atoms with Crippen LogP contribution in [0.3, 0.4) is 0 Å². The summed E-state index contributed by atoms with van der Waals surface area (Å²) in [6.07, 6.45) is 1.76. The first-order valence-electron chi connectivity index (χ1n) is 5.97. The van der Waals surface area contributed by atoms with E-state index in [4.69, 9.17) is 0 Å². The van der Waals surface area contributed by atoms with Gasteiger partial charge in [-0.2, -0.15) is 0 Å². The molecule has 0 unspecified atom stereocenters. The van der Waals surface area contributed by atoms with Gasteiger partial charge in [-0.05, 0) is 12.8 Å². The molecule has 2 rings (SSSR count). The van der Waals surface area contributed by atoms with Gasteiger partial charge in [-0.3, -0.25) is 14.3 Å². The van der Waals surface area contributed by atoms with Gasteiger partial charge in [0.15, 0.2) is 0 Å². The van der Waals surface area contributed by atoms with Crippen LogP contribution in [-0.4, -0.2) is 26.7 Å². The van der Waals surface area contributed by atoms with E-state index in [2.05, 4.69) is 5.32 Å². The molecule has 0 spiro atoms. The van der Waals surface area contributed by atoms with Crippen LogP contribution in [0.1, 0.15) is 18.4 Å². The van der Waals surface area contributed by atoms with Crippen molar-refractivity contribution in [2.24, 2.45) is 0 Å². The minimum Gasteiger partial charge on any atom is -0.310 e. The summed E-state index contributed by atoms with van der Waals surface area (Å²) >= 11 is 0. The van der Waals surface area contributed by atoms with Crippen molar-refractivity contribution in [3.05, 3.63) is 39.9 Å². The molecule has 0 aliphatic carbocycles. The molecular weight excluding hydrogens is 252 g/mol. The van der Waals surface area contributed by atoms with Gasteiger partial charge < -0.3 is 5.32 Å². The lowest BCUT2D eigenvalue weighted by Crippen LogP contribution is -2.35. The smallest absolute Gasteiger partial charge is 0.273 e. The quantitative estimate of drug-likeness (QED) is 0.665. The molecule has 0 atom stereocenters. The Bertz CT molecular complexity index is 454. The number of rotatable bonds is 4. The van der Waals surface area contributed by atoms with Crippen LogP contribution in [-0.2, 0) is 17.3 Å². The third-order valence-electron chi connectivity index (χ3n) is 3.16. The number of hydrogen-bond acceptors (Lipinski definition) is 4. The van der Waals surface area contributed by atoms with Crippen LogP contribution in [0.15, 0.2) is 24.3 Å². The molecule has 0 bridgehead atoms. The highest BCUT2D eigenvalue weighted by Crippen LogP contribution is 2.18. The monoisotopic (exact) mass is 268 g/mol. The van der Waals surface area contributed by atoms with Crippen molar-refractivity contribution >= 4 is 16.5 Å². The predicted molar refractivity (Wildman–Crippen MR) is 70.8 cm³/mol. The molecular formula is C12H16N2O3S. The van der Waals surface area contributed by atoms with E-state index in [1.54, 1.807) is 18.2 Å². The van der Waals surface area contributed by atoms with Crippen molar-refractivity contribution in [3.8, 4) is 0 Å². The summed E-state index contributed by atoms with van der Waals surface area (Å²) in [6, 6.07) is 7.09. The third kappa shape index (κ3) is 3.36. The molecule has 1 fully saturated rings. The molecule has 0 amide bonds. The molecule has 1 aromatic rings. The molecule has 18 heavy (non-hydrogen) atoms. The van der Waals surface area contributed by atoms with Gasteiger partial charge in [-0.15, -0.1) is 0 Å². The summed E-state index contributed by atoms with van der Waals surface area (Å²) in [5, 5.41) is 14.2. The third-order valence-corrected chi connectivity index (χ3v) is 4.54. The molecule has 6 heteroatoms. The zero-order valence-corrected chi connectivity index (χ0v) is 10.8. The van der Waals surface area contributed by atoms with Gasteiger partial charge in [-0.25, -0.2) is 0 Å². The van der Waals surface area contributed by atoms with Crippen LogP contribution < -0.4 is 5.32 Å². The number of nitro groups is 1. The lowest BCUT2D eigenvalue weighted by Gasteiger charge is -2.22. The lowest BCUT2D eigenvalue weighted by molar-refractivity contribution is -0.385. The average molecular weight is 268 g/mol. The number of benzene rings is 1. The molecule has 0 aromatic heterocycles. The molecule has 5 nitrogen and oxygen atoms in total. The summed E-state index contributed by atoms with van der Waals surface area (Å²) in [7, 11) is -0.669. The van der Waals surface area contributed by atoms with Crippen LogP contribution in [0.2, 0.25) is 0 Å². The van der Waals surface area contributed by atoms with Gasteiger partial charge in [-0.1, -0.05) is 18.2 Å². The Hall–Kier alpha value is -1.27. The molecule has 1 aromatic carbocycles. The second-order valence-corrected chi connectivity index (χ2v) is 6.09. The minimum atomic E-state index is -0.669. The van der Waals surface area contributed by atoms with Gasteiger partial charge in [0.25, 0.3) is 5.69 Å². The first kappa shape index (κ1) is 13.2. The number of para-hydroxylation sites is 1. The van der Waals surface area contributed by atoms with Crippen molar-refractivity contribution in [1.29, 1.82) is 0 Å². The Morgan fingerprint density at radius 2 is 2.00 bits per heavy atom. The van der Waals surface area contributed by atoms with Gasteiger partial charge in [0.2, 0.25) is 0 Å². The largest absolute Gasteiger partial charge is 0.310 e. The van der Waals surface area contributed by atoms with Crippen LogP contribution in [0.5, 0.6) is 0 Å². The SMILES string of the molecule is O=[N+]([O-])c1ccccc1CNC1CCS(=O)CC1. The molecule has 1 heterocycles. The van der Waals surface area contributed by atoms with Gasteiger partial charge in [0.1, 0.15) is 0 Å². The standard InChI is InChI=1S/C12H16N2O3S/c15-14(16)12-4-2-1-3-10(12)9-13-11-5-7-18(17)8-6-11/h1-4,11,13H,5-9H2. The summed E-state index contributed by atoms with van der Waals surface area (Å²) in [5.41, 5.74) is 0.860. The highest BCUT2D eigenvalue weighted by atomic mass is 32.2. The molecule has 0 saturated carbocycles. The van der Waals surface area contributed by atoms with Gasteiger partial charge in [0, 0.05) is 46.5 Å². The molecule has 0 radical (unpaired) electrons. The zero-order valence-electron chi connectivity index (χ0n) is 10.0. The highest BCUT2D eigenvalue weighted by Gasteiger charge is 2.18. The van der Waals surface area contributed by atoms with Crippen LogP contribution >= 0.6 is 0 Å². The first-order chi connectivity index (χ1) is 8.66. The van der Waals surface area contributed by atoms with E-state index in [1.807, 2.05) is 0 Å². The normalized spacial score (nSPS) is 23.8. The number of nitrogens with zero attached hydrogens (tertiary/aromatic N) is 1. The lowest BCUT2D eigenvalue weighted by atomic mass is 10.1. The van der Waals surface area contributed by atoms with E-state index in [0.717, 1.165) is 24.3 Å². The number of nitrogens with one attached hydrogen (secondary N) is 1. The van der Waals surface area contributed by atoms with Gasteiger partial charge in [0.05, 0.1) is 4.92 Å². The summed E-state index contributed by atoms with van der Waals surface area (Å²) < 4.78 is 11.2. The zero-order chi connectivity index (χ0) is 13.0. The van der Waals surface area contributed by atoms with Gasteiger partial charge >= 0.3 is 0 Å². The predicted octanol–water partition coefficient (Wildman–Crippen LogP) is 1.60. The number of nitro benzene ring substituents is 1. The second kappa shape index (κ2) is 6.06. The maximum Gasteiger partial charge on any atom is 0.273 e. The van der Waals surface area contributed by atoms with E-state index in [0.29, 0.717) is 18.2 Å². The highest BCUT2D eigenvalue weighted by molar-refractivity contribution is 7.85. The fourth-order valence-electron chi connectivity index (χ4n) is 2.09. The second-order valence-electron chi connectivity index (χ2n) is 4.39. The average Bonchev–Trinajstić information content (AvgIpc) is 2.38. The van der Waals surface area contributed by atoms with Crippen molar-refractivity contribution in [2.45, 2.75) is 25.4 Å². The fourth-order valence-corrected chi connectivity index (χ4v) is 3.39. The van der Waals surface area contributed by atoms with Crippen LogP contribution in [0.25, 0.3) is 0 Å². The van der Waals surface area contributed by atoms with Crippen molar-refractivity contribution in [1.82, 2.24) is 5.32 Å². The van der Waals surface area contributed by atoms with Crippen LogP contribution in [0.4, 0.5) is 5.69 Å². The minimum absolute atomic E-state index is 0.157. The van der Waals surface area contributed by atoms with Crippen molar-refractivity contribution < 1.29 is 9.13 Å². The molecule has 1 aliphatic rings. The fraction of sp³-hybridized carbons (Fsp3) is 0.500. The van der Waals surface area contributed by atoms with E-state index < -0.39 is 10.8 Å². The first-order valence-corrected chi connectivity index (χ1v) is 7.46. The van der Waals surface area contributed by atoms with E-state index >= 15 is 0 Å². The Balaban J connectivity index is 1.94. The van der Waals surface area contributed by atoms with Crippen molar-refractivity contribution in [3.63, 3.8) is 0 Å². The maximum absolute atomic E-state index is 11.2. The Morgan fingerprint density at radius 3 is 2.67 bits per heavy atom. The summed E-state index contributed by atoms with van der Waals surface area (Å²) in [5.74, 6) is 1.46. The summed E-state index contributed by atoms with van der Waals surface area (Å²) in [6.45, 7) is 0.494. The summed E-state index contributed by atoms with van der Waals surface area (Å²) in [4.78, 5) is 10.5. The molecule has 1 aliphatic heterocycles. The number of hydrogen-bond donors (Lipinski definition) is 1.